The fourth-order valence-corrected chi connectivity index (χ4v) is 1.21. The number of hydrogen-bond acceptors (Lipinski definition) is 4. The lowest BCUT2D eigenvalue weighted by atomic mass is 10.2. The Balaban J connectivity index is 2.36. The van der Waals surface area contributed by atoms with Crippen molar-refractivity contribution in [2.75, 3.05) is 6.61 Å². The highest BCUT2D eigenvalue weighted by atomic mass is 35.5. The van der Waals surface area contributed by atoms with E-state index in [0.717, 1.165) is 0 Å². The van der Waals surface area contributed by atoms with E-state index < -0.39 is 24.4 Å². The second-order valence-electron chi connectivity index (χ2n) is 3.52. The maximum Gasteiger partial charge on any atom is 0.306 e. The van der Waals surface area contributed by atoms with Gasteiger partial charge in [0, 0.05) is 17.0 Å². The molecule has 6 nitrogen and oxygen atoms in total. The molecule has 0 saturated heterocycles. The topological polar surface area (TPSA) is 84.5 Å². The van der Waals surface area contributed by atoms with Gasteiger partial charge in [0.25, 0.3) is 11.8 Å². The van der Waals surface area contributed by atoms with Crippen LogP contribution < -0.4 is 10.9 Å². The maximum absolute atomic E-state index is 11.6. The number of benzene rings is 1. The lowest BCUT2D eigenvalue weighted by Gasteiger charge is -2.07. The number of amides is 2. The van der Waals surface area contributed by atoms with Crippen LogP contribution in [0.2, 0.25) is 5.02 Å². The molecule has 1 rings (SSSR count). The Morgan fingerprint density at radius 2 is 1.79 bits per heavy atom. The molecule has 0 atom stereocenters. The summed E-state index contributed by atoms with van der Waals surface area (Å²) in [6.45, 7) is 1.18. The number of hydrogen-bond donors (Lipinski definition) is 2. The van der Waals surface area contributed by atoms with Crippen molar-refractivity contribution in [1.29, 1.82) is 0 Å². The van der Waals surface area contributed by atoms with Crippen molar-refractivity contribution in [1.82, 2.24) is 10.9 Å². The Morgan fingerprint density at radius 3 is 2.37 bits per heavy atom. The first-order chi connectivity index (χ1) is 9.02. The highest BCUT2D eigenvalue weighted by molar-refractivity contribution is 6.30. The van der Waals surface area contributed by atoms with Crippen molar-refractivity contribution in [2.24, 2.45) is 0 Å². The van der Waals surface area contributed by atoms with E-state index in [1.807, 2.05) is 0 Å². The number of hydrazine groups is 1. The average molecular weight is 285 g/mol. The highest BCUT2D eigenvalue weighted by Gasteiger charge is 2.08. The standard InChI is InChI=1S/C12H13ClN2O4/c1-2-11(17)19-7-10(16)14-15-12(18)8-3-5-9(13)6-4-8/h3-6H,2,7H2,1H3,(H,14,16)(H,15,18). The zero-order chi connectivity index (χ0) is 14.3. The third-order valence-electron chi connectivity index (χ3n) is 2.07. The van der Waals surface area contributed by atoms with Crippen LogP contribution in [0.1, 0.15) is 23.7 Å². The smallest absolute Gasteiger partial charge is 0.306 e. The maximum atomic E-state index is 11.6. The van der Waals surface area contributed by atoms with E-state index in [2.05, 4.69) is 15.6 Å². The first-order valence-electron chi connectivity index (χ1n) is 5.53. The van der Waals surface area contributed by atoms with Gasteiger partial charge < -0.3 is 4.74 Å². The first-order valence-corrected chi connectivity index (χ1v) is 5.91. The Kier molecular flexibility index (Phi) is 5.81. The molecule has 1 aromatic rings. The van der Waals surface area contributed by atoms with E-state index in [-0.39, 0.29) is 6.42 Å². The van der Waals surface area contributed by atoms with Gasteiger partial charge in [-0.3, -0.25) is 25.2 Å². The molecule has 0 aliphatic rings. The molecular formula is C12H13ClN2O4. The van der Waals surface area contributed by atoms with Gasteiger partial charge >= 0.3 is 5.97 Å². The van der Waals surface area contributed by atoms with Crippen LogP contribution in [0.25, 0.3) is 0 Å². The summed E-state index contributed by atoms with van der Waals surface area (Å²) in [5.74, 6) is -1.60. The van der Waals surface area contributed by atoms with Gasteiger partial charge in [-0.1, -0.05) is 18.5 Å². The number of ether oxygens (including phenoxy) is 1. The second kappa shape index (κ2) is 7.38. The van der Waals surface area contributed by atoms with Crippen molar-refractivity contribution in [3.8, 4) is 0 Å². The van der Waals surface area contributed by atoms with Gasteiger partial charge in [-0.05, 0) is 24.3 Å². The minimum atomic E-state index is -0.621. The van der Waals surface area contributed by atoms with Crippen LogP contribution in [-0.4, -0.2) is 24.4 Å². The minimum Gasteiger partial charge on any atom is -0.456 e. The molecule has 0 bridgehead atoms. The zero-order valence-corrected chi connectivity index (χ0v) is 11.0. The molecule has 7 heteroatoms. The zero-order valence-electron chi connectivity index (χ0n) is 10.2. The number of rotatable bonds is 4. The minimum absolute atomic E-state index is 0.185. The fraction of sp³-hybridized carbons (Fsp3) is 0.250. The predicted molar refractivity (Wildman–Crippen MR) is 68.3 cm³/mol. The van der Waals surface area contributed by atoms with Crippen LogP contribution in [0, 0.1) is 0 Å². The molecule has 102 valence electrons. The SMILES string of the molecule is CCC(=O)OCC(=O)NNC(=O)c1ccc(Cl)cc1. The molecule has 0 spiro atoms. The van der Waals surface area contributed by atoms with Gasteiger partial charge in [0.2, 0.25) is 0 Å². The van der Waals surface area contributed by atoms with E-state index in [1.165, 1.54) is 12.1 Å². The van der Waals surface area contributed by atoms with Crippen LogP contribution in [-0.2, 0) is 14.3 Å². The van der Waals surface area contributed by atoms with E-state index >= 15 is 0 Å². The lowest BCUT2D eigenvalue weighted by molar-refractivity contribution is -0.148. The summed E-state index contributed by atoms with van der Waals surface area (Å²) >= 11 is 5.68. The largest absolute Gasteiger partial charge is 0.456 e. The van der Waals surface area contributed by atoms with E-state index in [0.29, 0.717) is 10.6 Å². The summed E-state index contributed by atoms with van der Waals surface area (Å²) in [7, 11) is 0. The number of carbonyl (C=O) groups excluding carboxylic acids is 3. The summed E-state index contributed by atoms with van der Waals surface area (Å²) in [4.78, 5) is 33.6. The summed E-state index contributed by atoms with van der Waals surface area (Å²) in [5, 5.41) is 0.507. The first kappa shape index (κ1) is 15.0. The van der Waals surface area contributed by atoms with Crippen LogP contribution in [0.4, 0.5) is 0 Å². The summed E-state index contributed by atoms with van der Waals surface area (Å²) < 4.78 is 4.59. The Bertz CT molecular complexity index is 473. The number of esters is 1. The Labute approximate surface area is 115 Å². The second-order valence-corrected chi connectivity index (χ2v) is 3.96. The Morgan fingerprint density at radius 1 is 1.16 bits per heavy atom. The molecule has 1 aromatic carbocycles. The van der Waals surface area contributed by atoms with Crippen molar-refractivity contribution in [3.63, 3.8) is 0 Å². The molecule has 0 radical (unpaired) electrons. The molecule has 0 aliphatic heterocycles. The quantitative estimate of drug-likeness (QED) is 0.639. The fourth-order valence-electron chi connectivity index (χ4n) is 1.08. The molecule has 0 saturated carbocycles. The highest BCUT2D eigenvalue weighted by Crippen LogP contribution is 2.08. The molecule has 2 amide bonds. The predicted octanol–water partition coefficient (Wildman–Crippen LogP) is 1.05. The van der Waals surface area contributed by atoms with Crippen molar-refractivity contribution >= 4 is 29.4 Å². The van der Waals surface area contributed by atoms with Gasteiger partial charge in [-0.25, -0.2) is 0 Å². The molecule has 2 N–H and O–H groups in total. The lowest BCUT2D eigenvalue weighted by Crippen LogP contribution is -2.43. The molecule has 0 aliphatic carbocycles. The molecule has 0 heterocycles. The number of carbonyl (C=O) groups is 3. The number of nitrogens with one attached hydrogen (secondary N) is 2. The van der Waals surface area contributed by atoms with Crippen LogP contribution in [0.3, 0.4) is 0 Å². The van der Waals surface area contributed by atoms with E-state index in [1.54, 1.807) is 19.1 Å². The van der Waals surface area contributed by atoms with Crippen molar-refractivity contribution < 1.29 is 19.1 Å². The average Bonchev–Trinajstić information content (AvgIpc) is 2.42. The number of halogens is 1. The molecule has 0 fully saturated rings. The molecule has 0 aromatic heterocycles. The summed E-state index contributed by atoms with van der Waals surface area (Å²) in [5.41, 5.74) is 4.66. The third-order valence-corrected chi connectivity index (χ3v) is 2.33. The van der Waals surface area contributed by atoms with Gasteiger partial charge in [0.15, 0.2) is 6.61 Å². The van der Waals surface area contributed by atoms with Gasteiger partial charge in [-0.2, -0.15) is 0 Å². The van der Waals surface area contributed by atoms with E-state index in [4.69, 9.17) is 11.6 Å². The molecule has 0 unspecified atom stereocenters. The molecule has 19 heavy (non-hydrogen) atoms. The third kappa shape index (κ3) is 5.39. The Hall–Kier alpha value is -2.08. The van der Waals surface area contributed by atoms with Gasteiger partial charge in [-0.15, -0.1) is 0 Å². The summed E-state index contributed by atoms with van der Waals surface area (Å²) in [6, 6.07) is 6.14. The monoisotopic (exact) mass is 284 g/mol. The summed E-state index contributed by atoms with van der Waals surface area (Å²) in [6.07, 6.45) is 0.185. The van der Waals surface area contributed by atoms with E-state index in [9.17, 15) is 14.4 Å². The van der Waals surface area contributed by atoms with Crippen LogP contribution in [0.15, 0.2) is 24.3 Å². The van der Waals surface area contributed by atoms with Crippen molar-refractivity contribution in [3.05, 3.63) is 34.9 Å². The van der Waals surface area contributed by atoms with Gasteiger partial charge in [0.05, 0.1) is 0 Å². The van der Waals surface area contributed by atoms with Crippen molar-refractivity contribution in [2.45, 2.75) is 13.3 Å². The van der Waals surface area contributed by atoms with Crippen LogP contribution in [0.5, 0.6) is 0 Å². The normalized spacial score (nSPS) is 9.58. The van der Waals surface area contributed by atoms with Crippen LogP contribution >= 0.6 is 11.6 Å². The molecular weight excluding hydrogens is 272 g/mol. The van der Waals surface area contributed by atoms with Gasteiger partial charge in [0.1, 0.15) is 0 Å².